The minimum atomic E-state index is -0.997. The van der Waals surface area contributed by atoms with E-state index in [2.05, 4.69) is 5.32 Å². The number of benzene rings is 2. The summed E-state index contributed by atoms with van der Waals surface area (Å²) in [5.74, 6) is -0.679. The van der Waals surface area contributed by atoms with Crippen LogP contribution in [0.5, 0.6) is 5.75 Å². The number of carboxylic acid groups (broad SMARTS) is 1. The Morgan fingerprint density at radius 3 is 2.44 bits per heavy atom. The predicted octanol–water partition coefficient (Wildman–Crippen LogP) is 5.81. The van der Waals surface area contributed by atoms with E-state index >= 15 is 0 Å². The molecule has 3 rings (SSSR count). The fourth-order valence-electron chi connectivity index (χ4n) is 2.63. The summed E-state index contributed by atoms with van der Waals surface area (Å²) in [7, 11) is 0. The summed E-state index contributed by atoms with van der Waals surface area (Å²) >= 11 is 18.4. The monoisotopic (exact) mass is 431 g/mol. The normalized spacial score (nSPS) is 13.5. The molecule has 0 amide bonds. The Morgan fingerprint density at radius 2 is 1.85 bits per heavy atom. The third kappa shape index (κ3) is 5.41. The summed E-state index contributed by atoms with van der Waals surface area (Å²) in [5.41, 5.74) is 1.05. The van der Waals surface area contributed by atoms with Crippen molar-refractivity contribution < 1.29 is 19.0 Å². The van der Waals surface area contributed by atoms with Crippen LogP contribution in [0, 0.1) is 11.7 Å². The molecule has 0 bridgehead atoms. The van der Waals surface area contributed by atoms with Crippen LogP contribution >= 0.6 is 34.8 Å². The summed E-state index contributed by atoms with van der Waals surface area (Å²) in [6, 6.07) is 5.96. The quantitative estimate of drug-likeness (QED) is 0.552. The number of aliphatic carboxylic acids is 1. The number of hydrogen-bond acceptors (Lipinski definition) is 3. The molecule has 2 aromatic carbocycles. The largest absolute Gasteiger partial charge is 0.486 e. The number of nitrogens with one attached hydrogen (secondary N) is 1. The highest BCUT2D eigenvalue weighted by Crippen LogP contribution is 2.36. The zero-order valence-electron chi connectivity index (χ0n) is 14.2. The standard InChI is InChI=1S/C19H17Cl3FNO3/c20-13-6-12(18(23)16(7-13)24-8-10-1-2-10)9-27-19-14(21)3-11(4-15(19)22)5-17(25)26/h3-4,6-7,10,24H,1-2,5,8-9H2,(H,25,26). The van der Waals surface area contributed by atoms with Crippen molar-refractivity contribution in [3.05, 3.63) is 56.3 Å². The maximum atomic E-state index is 14.7. The van der Waals surface area contributed by atoms with Crippen LogP contribution in [0.25, 0.3) is 0 Å². The van der Waals surface area contributed by atoms with Gasteiger partial charge in [0.1, 0.15) is 6.61 Å². The van der Waals surface area contributed by atoms with Gasteiger partial charge in [-0.25, -0.2) is 4.39 Å². The van der Waals surface area contributed by atoms with Crippen LogP contribution in [0.2, 0.25) is 15.1 Å². The highest BCUT2D eigenvalue weighted by molar-refractivity contribution is 6.37. The van der Waals surface area contributed by atoms with E-state index < -0.39 is 11.8 Å². The van der Waals surface area contributed by atoms with Crippen LogP contribution in [0.4, 0.5) is 10.1 Å². The molecule has 1 saturated carbocycles. The van der Waals surface area contributed by atoms with E-state index in [0.29, 0.717) is 28.7 Å². The van der Waals surface area contributed by atoms with E-state index in [4.69, 9.17) is 44.6 Å². The smallest absolute Gasteiger partial charge is 0.307 e. The Balaban J connectivity index is 1.75. The van der Waals surface area contributed by atoms with E-state index in [1.54, 1.807) is 6.07 Å². The molecule has 0 saturated heterocycles. The number of anilines is 1. The first-order chi connectivity index (χ1) is 12.8. The van der Waals surface area contributed by atoms with Gasteiger partial charge in [0.25, 0.3) is 0 Å². The average molecular weight is 433 g/mol. The summed E-state index contributed by atoms with van der Waals surface area (Å²) in [4.78, 5) is 10.8. The van der Waals surface area contributed by atoms with E-state index in [1.165, 1.54) is 18.2 Å². The van der Waals surface area contributed by atoms with Gasteiger partial charge in [0, 0.05) is 17.1 Å². The fraction of sp³-hybridized carbons (Fsp3) is 0.316. The van der Waals surface area contributed by atoms with E-state index in [9.17, 15) is 9.18 Å². The van der Waals surface area contributed by atoms with Gasteiger partial charge >= 0.3 is 5.97 Å². The number of ether oxygens (including phenoxy) is 1. The summed E-state index contributed by atoms with van der Waals surface area (Å²) in [6.45, 7) is 0.586. The van der Waals surface area contributed by atoms with Gasteiger partial charge in [-0.3, -0.25) is 4.79 Å². The number of halogens is 4. The highest BCUT2D eigenvalue weighted by Gasteiger charge is 2.22. The lowest BCUT2D eigenvalue weighted by Crippen LogP contribution is -2.08. The maximum Gasteiger partial charge on any atom is 0.307 e. The molecule has 0 aromatic heterocycles. The lowest BCUT2D eigenvalue weighted by molar-refractivity contribution is -0.136. The Morgan fingerprint density at radius 1 is 1.19 bits per heavy atom. The topological polar surface area (TPSA) is 58.6 Å². The van der Waals surface area contributed by atoms with Gasteiger partial charge in [0.05, 0.1) is 22.2 Å². The van der Waals surface area contributed by atoms with Crippen LogP contribution in [0.15, 0.2) is 24.3 Å². The minimum Gasteiger partial charge on any atom is -0.486 e. The van der Waals surface area contributed by atoms with Gasteiger partial charge in [0.2, 0.25) is 0 Å². The SMILES string of the molecule is O=C(O)Cc1cc(Cl)c(OCc2cc(Cl)cc(NCC3CC3)c2F)c(Cl)c1. The molecule has 27 heavy (non-hydrogen) atoms. The number of hydrogen-bond donors (Lipinski definition) is 2. The molecule has 2 N–H and O–H groups in total. The van der Waals surface area contributed by atoms with Gasteiger partial charge in [-0.15, -0.1) is 0 Å². The number of carboxylic acids is 1. The number of carbonyl (C=O) groups is 1. The molecule has 0 aliphatic heterocycles. The predicted molar refractivity (Wildman–Crippen MR) is 105 cm³/mol. The zero-order chi connectivity index (χ0) is 19.6. The van der Waals surface area contributed by atoms with Crippen LogP contribution in [-0.2, 0) is 17.8 Å². The Hall–Kier alpha value is -1.69. The average Bonchev–Trinajstić information content (AvgIpc) is 3.39. The second-order valence-electron chi connectivity index (χ2n) is 6.50. The lowest BCUT2D eigenvalue weighted by Gasteiger charge is -2.14. The van der Waals surface area contributed by atoms with Crippen LogP contribution < -0.4 is 10.1 Å². The van der Waals surface area contributed by atoms with Crippen LogP contribution in [0.1, 0.15) is 24.0 Å². The van der Waals surface area contributed by atoms with Crippen molar-refractivity contribution in [1.29, 1.82) is 0 Å². The molecule has 144 valence electrons. The third-order valence-corrected chi connectivity index (χ3v) is 4.96. The molecule has 0 radical (unpaired) electrons. The van der Waals surface area contributed by atoms with Crippen molar-refractivity contribution in [2.24, 2.45) is 5.92 Å². The van der Waals surface area contributed by atoms with Crippen molar-refractivity contribution in [3.8, 4) is 5.75 Å². The molecule has 0 spiro atoms. The van der Waals surface area contributed by atoms with E-state index in [1.807, 2.05) is 0 Å². The second-order valence-corrected chi connectivity index (χ2v) is 7.75. The van der Waals surface area contributed by atoms with Crippen LogP contribution in [0.3, 0.4) is 0 Å². The Kier molecular flexibility index (Phi) is 6.35. The van der Waals surface area contributed by atoms with Crippen LogP contribution in [-0.4, -0.2) is 17.6 Å². The van der Waals surface area contributed by atoms with Gasteiger partial charge in [-0.2, -0.15) is 0 Å². The van der Waals surface area contributed by atoms with Gasteiger partial charge < -0.3 is 15.2 Å². The summed E-state index contributed by atoms with van der Waals surface area (Å²) in [5, 5.41) is 12.6. The Bertz CT molecular complexity index is 849. The maximum absolute atomic E-state index is 14.7. The molecule has 4 nitrogen and oxygen atoms in total. The molecule has 0 unspecified atom stereocenters. The second kappa shape index (κ2) is 8.55. The molecular formula is C19H17Cl3FNO3. The first-order valence-corrected chi connectivity index (χ1v) is 9.51. The molecule has 0 heterocycles. The Labute approximate surface area is 171 Å². The van der Waals surface area contributed by atoms with E-state index in [0.717, 1.165) is 12.8 Å². The molecule has 1 fully saturated rings. The van der Waals surface area contributed by atoms with Gasteiger partial charge in [0.15, 0.2) is 11.6 Å². The molecule has 8 heteroatoms. The van der Waals surface area contributed by atoms with E-state index in [-0.39, 0.29) is 34.4 Å². The third-order valence-electron chi connectivity index (χ3n) is 4.18. The minimum absolute atomic E-state index is 0.123. The molecule has 1 aliphatic carbocycles. The number of rotatable bonds is 8. The molecule has 1 aliphatic rings. The molecule has 0 atom stereocenters. The highest BCUT2D eigenvalue weighted by atomic mass is 35.5. The van der Waals surface area contributed by atoms with Crippen molar-refractivity contribution in [2.45, 2.75) is 25.9 Å². The first-order valence-electron chi connectivity index (χ1n) is 8.37. The van der Waals surface area contributed by atoms with Gasteiger partial charge in [-0.1, -0.05) is 34.8 Å². The first kappa shape index (κ1) is 20.1. The van der Waals surface area contributed by atoms with Crippen molar-refractivity contribution in [2.75, 3.05) is 11.9 Å². The zero-order valence-corrected chi connectivity index (χ0v) is 16.5. The van der Waals surface area contributed by atoms with Crippen molar-refractivity contribution >= 4 is 46.5 Å². The summed E-state index contributed by atoms with van der Waals surface area (Å²) < 4.78 is 20.3. The summed E-state index contributed by atoms with van der Waals surface area (Å²) in [6.07, 6.45) is 2.10. The van der Waals surface area contributed by atoms with Crippen molar-refractivity contribution in [3.63, 3.8) is 0 Å². The molecule has 2 aromatic rings. The van der Waals surface area contributed by atoms with Gasteiger partial charge in [-0.05, 0) is 48.6 Å². The van der Waals surface area contributed by atoms with Crippen molar-refractivity contribution in [1.82, 2.24) is 0 Å². The fourth-order valence-corrected chi connectivity index (χ4v) is 3.51. The molecular weight excluding hydrogens is 416 g/mol. The lowest BCUT2D eigenvalue weighted by atomic mass is 10.1.